The smallest absolute Gasteiger partial charge is 0.0814 e. The zero-order chi connectivity index (χ0) is 10.7. The Bertz CT molecular complexity index is 315. The third-order valence-corrected chi connectivity index (χ3v) is 4.49. The maximum atomic E-state index is 6.02. The molecule has 0 aromatic carbocycles. The van der Waals surface area contributed by atoms with Crippen LogP contribution >= 0.6 is 27.3 Å². The lowest BCUT2D eigenvalue weighted by molar-refractivity contribution is 0.00529. The van der Waals surface area contributed by atoms with Gasteiger partial charge in [0.2, 0.25) is 0 Å². The van der Waals surface area contributed by atoms with Crippen LogP contribution in [0, 0.1) is 0 Å². The average molecular weight is 290 g/mol. The molecule has 1 aliphatic carbocycles. The van der Waals surface area contributed by atoms with E-state index in [-0.39, 0.29) is 12.1 Å². The summed E-state index contributed by atoms with van der Waals surface area (Å²) in [6.45, 7) is 0.703. The van der Waals surface area contributed by atoms with Crippen LogP contribution in [0.15, 0.2) is 15.9 Å². The molecule has 0 spiro atoms. The van der Waals surface area contributed by atoms with E-state index in [0.29, 0.717) is 6.61 Å². The molecule has 1 aromatic rings. The Hall–Kier alpha value is 0.1000. The Morgan fingerprint density at radius 2 is 2.27 bits per heavy atom. The molecular weight excluding hydrogens is 274 g/mol. The van der Waals surface area contributed by atoms with Crippen molar-refractivity contribution >= 4 is 27.3 Å². The van der Waals surface area contributed by atoms with Gasteiger partial charge in [-0.25, -0.2) is 0 Å². The molecule has 0 amide bonds. The van der Waals surface area contributed by atoms with E-state index in [2.05, 4.69) is 27.4 Å². The first kappa shape index (κ1) is 11.6. The summed E-state index contributed by atoms with van der Waals surface area (Å²) in [4.78, 5) is 1.26. The van der Waals surface area contributed by atoms with Gasteiger partial charge < -0.3 is 10.5 Å². The molecule has 0 bridgehead atoms. The Morgan fingerprint density at radius 3 is 2.93 bits per heavy atom. The Balaban J connectivity index is 1.81. The van der Waals surface area contributed by atoms with E-state index < -0.39 is 0 Å². The lowest BCUT2D eigenvalue weighted by Crippen LogP contribution is -2.39. The minimum absolute atomic E-state index is 0.238. The van der Waals surface area contributed by atoms with Gasteiger partial charge in [-0.1, -0.05) is 12.8 Å². The fourth-order valence-corrected chi connectivity index (χ4v) is 3.32. The Labute approximate surface area is 103 Å². The molecule has 15 heavy (non-hydrogen) atoms. The van der Waals surface area contributed by atoms with Crippen molar-refractivity contribution in [1.29, 1.82) is 0 Å². The molecule has 84 valence electrons. The number of rotatable bonds is 3. The SMILES string of the molecule is NC1CCCCC1OCc1cc(Br)cs1. The summed E-state index contributed by atoms with van der Waals surface area (Å²) in [5.41, 5.74) is 6.02. The highest BCUT2D eigenvalue weighted by molar-refractivity contribution is 9.10. The number of thiophene rings is 1. The van der Waals surface area contributed by atoms with Gasteiger partial charge in [-0.2, -0.15) is 0 Å². The summed E-state index contributed by atoms with van der Waals surface area (Å²) in [6, 6.07) is 2.35. The zero-order valence-electron chi connectivity index (χ0n) is 8.62. The molecule has 2 atom stereocenters. The van der Waals surface area contributed by atoms with Crippen molar-refractivity contribution in [1.82, 2.24) is 0 Å². The largest absolute Gasteiger partial charge is 0.371 e. The first-order valence-electron chi connectivity index (χ1n) is 5.36. The lowest BCUT2D eigenvalue weighted by atomic mass is 9.93. The normalized spacial score (nSPS) is 26.8. The highest BCUT2D eigenvalue weighted by Gasteiger charge is 2.22. The van der Waals surface area contributed by atoms with E-state index in [1.165, 1.54) is 17.7 Å². The van der Waals surface area contributed by atoms with Crippen molar-refractivity contribution in [2.24, 2.45) is 5.73 Å². The van der Waals surface area contributed by atoms with E-state index >= 15 is 0 Å². The van der Waals surface area contributed by atoms with Gasteiger partial charge in [0.1, 0.15) is 0 Å². The van der Waals surface area contributed by atoms with Gasteiger partial charge in [-0.05, 0) is 34.8 Å². The van der Waals surface area contributed by atoms with Gasteiger partial charge in [0.05, 0.1) is 12.7 Å². The molecule has 1 heterocycles. The summed E-state index contributed by atoms with van der Waals surface area (Å²) in [7, 11) is 0. The molecule has 2 rings (SSSR count). The predicted octanol–water partition coefficient (Wildman–Crippen LogP) is 3.30. The maximum Gasteiger partial charge on any atom is 0.0814 e. The van der Waals surface area contributed by atoms with Crippen molar-refractivity contribution in [2.75, 3.05) is 0 Å². The van der Waals surface area contributed by atoms with Crippen LogP contribution in [0.2, 0.25) is 0 Å². The van der Waals surface area contributed by atoms with Crippen LogP contribution in [0.1, 0.15) is 30.6 Å². The Kier molecular flexibility index (Phi) is 4.20. The fraction of sp³-hybridized carbons (Fsp3) is 0.636. The van der Waals surface area contributed by atoms with E-state index in [0.717, 1.165) is 17.3 Å². The third-order valence-electron chi connectivity index (χ3n) is 2.82. The Morgan fingerprint density at radius 1 is 1.47 bits per heavy atom. The number of ether oxygens (including phenoxy) is 1. The molecule has 0 radical (unpaired) electrons. The van der Waals surface area contributed by atoms with E-state index in [1.807, 2.05) is 0 Å². The van der Waals surface area contributed by atoms with Crippen LogP contribution in [0.3, 0.4) is 0 Å². The van der Waals surface area contributed by atoms with Crippen molar-refractivity contribution in [2.45, 2.75) is 44.4 Å². The van der Waals surface area contributed by atoms with Crippen LogP contribution in [-0.2, 0) is 11.3 Å². The second kappa shape index (κ2) is 5.43. The molecule has 1 aromatic heterocycles. The quantitative estimate of drug-likeness (QED) is 0.927. The van der Waals surface area contributed by atoms with Gasteiger partial charge in [0, 0.05) is 20.8 Å². The average Bonchev–Trinajstić information content (AvgIpc) is 2.63. The maximum absolute atomic E-state index is 6.02. The molecule has 0 aliphatic heterocycles. The molecule has 1 saturated carbocycles. The first-order valence-corrected chi connectivity index (χ1v) is 7.03. The fourth-order valence-electron chi connectivity index (χ4n) is 1.95. The minimum atomic E-state index is 0.238. The summed E-state index contributed by atoms with van der Waals surface area (Å²) < 4.78 is 7.00. The zero-order valence-corrected chi connectivity index (χ0v) is 11.0. The minimum Gasteiger partial charge on any atom is -0.371 e. The summed E-state index contributed by atoms with van der Waals surface area (Å²) in [5.74, 6) is 0. The van der Waals surface area contributed by atoms with Crippen molar-refractivity contribution in [3.63, 3.8) is 0 Å². The third kappa shape index (κ3) is 3.28. The number of nitrogens with two attached hydrogens (primary N) is 1. The molecule has 2 nitrogen and oxygen atoms in total. The molecule has 2 N–H and O–H groups in total. The molecule has 1 fully saturated rings. The number of hydrogen-bond acceptors (Lipinski definition) is 3. The molecule has 0 saturated heterocycles. The molecule has 1 aliphatic rings. The van der Waals surface area contributed by atoms with Crippen molar-refractivity contribution < 1.29 is 4.74 Å². The van der Waals surface area contributed by atoms with Gasteiger partial charge in [-0.3, -0.25) is 0 Å². The van der Waals surface area contributed by atoms with Crippen LogP contribution in [-0.4, -0.2) is 12.1 Å². The molecule has 4 heteroatoms. The number of halogens is 1. The second-order valence-corrected chi connectivity index (χ2v) is 5.94. The summed E-state index contributed by atoms with van der Waals surface area (Å²) in [5, 5.41) is 2.08. The standard InChI is InChI=1S/C11H16BrNOS/c12-8-5-9(15-7-8)6-14-11-4-2-1-3-10(11)13/h5,7,10-11H,1-4,6,13H2. The van der Waals surface area contributed by atoms with Gasteiger partial charge in [-0.15, -0.1) is 11.3 Å². The van der Waals surface area contributed by atoms with Crippen LogP contribution in [0.25, 0.3) is 0 Å². The van der Waals surface area contributed by atoms with E-state index in [1.54, 1.807) is 11.3 Å². The van der Waals surface area contributed by atoms with Crippen LogP contribution in [0.5, 0.6) is 0 Å². The first-order chi connectivity index (χ1) is 7.25. The van der Waals surface area contributed by atoms with Gasteiger partial charge >= 0.3 is 0 Å². The predicted molar refractivity (Wildman–Crippen MR) is 67.0 cm³/mol. The van der Waals surface area contributed by atoms with Gasteiger partial charge in [0.15, 0.2) is 0 Å². The lowest BCUT2D eigenvalue weighted by Gasteiger charge is -2.28. The highest BCUT2D eigenvalue weighted by atomic mass is 79.9. The van der Waals surface area contributed by atoms with Crippen molar-refractivity contribution in [3.05, 3.63) is 20.8 Å². The topological polar surface area (TPSA) is 35.2 Å². The van der Waals surface area contributed by atoms with Crippen LogP contribution < -0.4 is 5.73 Å². The molecular formula is C11H16BrNOS. The molecule has 2 unspecified atom stereocenters. The van der Waals surface area contributed by atoms with E-state index in [9.17, 15) is 0 Å². The van der Waals surface area contributed by atoms with Crippen LogP contribution in [0.4, 0.5) is 0 Å². The van der Waals surface area contributed by atoms with Crippen molar-refractivity contribution in [3.8, 4) is 0 Å². The second-order valence-electron chi connectivity index (χ2n) is 4.03. The number of hydrogen-bond donors (Lipinski definition) is 1. The van der Waals surface area contributed by atoms with E-state index in [4.69, 9.17) is 10.5 Å². The highest BCUT2D eigenvalue weighted by Crippen LogP contribution is 2.24. The summed E-state index contributed by atoms with van der Waals surface area (Å²) in [6.07, 6.45) is 5.00. The monoisotopic (exact) mass is 289 g/mol. The van der Waals surface area contributed by atoms with Gasteiger partial charge in [0.25, 0.3) is 0 Å². The summed E-state index contributed by atoms with van der Waals surface area (Å²) >= 11 is 5.17.